The highest BCUT2D eigenvalue weighted by molar-refractivity contribution is 6.04. The Balaban J connectivity index is 1.75. The summed E-state index contributed by atoms with van der Waals surface area (Å²) in [5.41, 5.74) is 2.31. The lowest BCUT2D eigenvalue weighted by Gasteiger charge is -2.16. The molecule has 0 aromatic heterocycles. The van der Waals surface area contributed by atoms with Crippen LogP contribution < -0.4 is 20.1 Å². The molecule has 8 heteroatoms. The first-order valence-corrected chi connectivity index (χ1v) is 11.2. The second kappa shape index (κ2) is 12.8. The van der Waals surface area contributed by atoms with Crippen LogP contribution in [0, 0.1) is 0 Å². The molecule has 0 unspecified atom stereocenters. The number of nitrogens with one attached hydrogen (secondary N) is 2. The minimum Gasteiger partial charge on any atom is -0.497 e. The smallest absolute Gasteiger partial charge is 0.412 e. The number of ether oxygens (including phenoxy) is 3. The fraction of sp³-hybridized carbons (Fsp3) is 0.222. The van der Waals surface area contributed by atoms with Gasteiger partial charge in [0, 0.05) is 29.8 Å². The predicted octanol–water partition coefficient (Wildman–Crippen LogP) is 4.73. The number of anilines is 1. The Morgan fingerprint density at radius 2 is 1.63 bits per heavy atom. The molecule has 0 heterocycles. The summed E-state index contributed by atoms with van der Waals surface area (Å²) in [6.07, 6.45) is -0.383. The van der Waals surface area contributed by atoms with Gasteiger partial charge < -0.3 is 24.8 Å². The van der Waals surface area contributed by atoms with Crippen molar-refractivity contribution >= 4 is 23.7 Å². The van der Waals surface area contributed by atoms with Crippen molar-refractivity contribution in [1.29, 1.82) is 0 Å². The van der Waals surface area contributed by atoms with Gasteiger partial charge in [-0.15, -0.1) is 0 Å². The van der Waals surface area contributed by atoms with Gasteiger partial charge in [0.15, 0.2) is 0 Å². The number of benzene rings is 3. The number of carbonyl (C=O) groups excluding carboxylic acids is 3. The van der Waals surface area contributed by atoms with Gasteiger partial charge in [-0.2, -0.15) is 0 Å². The van der Waals surface area contributed by atoms with Crippen molar-refractivity contribution in [3.63, 3.8) is 0 Å². The summed E-state index contributed by atoms with van der Waals surface area (Å²) in [6, 6.07) is 21.0. The van der Waals surface area contributed by atoms with Crippen LogP contribution in [0.1, 0.15) is 34.8 Å². The normalized spacial score (nSPS) is 10.2. The Kier molecular flexibility index (Phi) is 9.24. The summed E-state index contributed by atoms with van der Waals surface area (Å²) in [5, 5.41) is 5.55. The first-order valence-electron chi connectivity index (χ1n) is 11.2. The lowest BCUT2D eigenvalue weighted by Crippen LogP contribution is -2.27. The Hall–Kier alpha value is -4.33. The zero-order chi connectivity index (χ0) is 25.0. The van der Waals surface area contributed by atoms with Crippen molar-refractivity contribution in [2.24, 2.45) is 0 Å². The fourth-order valence-corrected chi connectivity index (χ4v) is 3.33. The van der Waals surface area contributed by atoms with Gasteiger partial charge in [-0.05, 0) is 55.3 Å². The summed E-state index contributed by atoms with van der Waals surface area (Å²) in [6.45, 7) is 2.25. The highest BCUT2D eigenvalue weighted by Crippen LogP contribution is 2.29. The molecule has 182 valence electrons. The number of methoxy groups -OCH3 is 1. The van der Waals surface area contributed by atoms with Gasteiger partial charge in [0.25, 0.3) is 5.91 Å². The largest absolute Gasteiger partial charge is 0.497 e. The van der Waals surface area contributed by atoms with Crippen molar-refractivity contribution in [1.82, 2.24) is 5.32 Å². The number of esters is 1. The summed E-state index contributed by atoms with van der Waals surface area (Å²) in [7, 11) is 1.58. The molecular formula is C27H28N2O6. The zero-order valence-corrected chi connectivity index (χ0v) is 19.7. The van der Waals surface area contributed by atoms with E-state index in [1.165, 1.54) is 0 Å². The van der Waals surface area contributed by atoms with E-state index in [-0.39, 0.29) is 43.6 Å². The van der Waals surface area contributed by atoms with Crippen LogP contribution in [0.15, 0.2) is 72.8 Å². The third kappa shape index (κ3) is 7.60. The van der Waals surface area contributed by atoms with Crippen molar-refractivity contribution < 1.29 is 28.6 Å². The van der Waals surface area contributed by atoms with Gasteiger partial charge in [-0.3, -0.25) is 9.59 Å². The Bertz CT molecular complexity index is 1150. The van der Waals surface area contributed by atoms with Gasteiger partial charge in [0.2, 0.25) is 0 Å². The fourth-order valence-electron chi connectivity index (χ4n) is 3.33. The average Bonchev–Trinajstić information content (AvgIpc) is 2.88. The first kappa shape index (κ1) is 25.3. The molecule has 0 aliphatic heterocycles. The third-order valence-electron chi connectivity index (χ3n) is 5.10. The molecule has 3 aromatic rings. The average molecular weight is 477 g/mol. The van der Waals surface area contributed by atoms with Gasteiger partial charge >= 0.3 is 12.1 Å². The van der Waals surface area contributed by atoms with E-state index >= 15 is 0 Å². The molecule has 3 rings (SSSR count). The molecule has 8 nitrogen and oxygen atoms in total. The van der Waals surface area contributed by atoms with Crippen LogP contribution in [0.4, 0.5) is 10.5 Å². The van der Waals surface area contributed by atoms with Gasteiger partial charge in [-0.25, -0.2) is 4.79 Å². The topological polar surface area (TPSA) is 103 Å². The Morgan fingerprint density at radius 3 is 2.31 bits per heavy atom. The third-order valence-corrected chi connectivity index (χ3v) is 5.10. The minimum atomic E-state index is -0.662. The van der Waals surface area contributed by atoms with Crippen LogP contribution in [-0.4, -0.2) is 31.7 Å². The Labute approximate surface area is 204 Å². The van der Waals surface area contributed by atoms with Crippen LogP contribution in [0.3, 0.4) is 0 Å². The lowest BCUT2D eigenvalue weighted by molar-refractivity contribution is -0.143. The molecule has 0 atom stereocenters. The van der Waals surface area contributed by atoms with E-state index in [1.54, 1.807) is 68.6 Å². The standard InChI is InChI=1S/C27H28N2O6/c1-3-34-25(30)17-16-22-23(29-26(31)20-8-5-4-6-9-20)10-7-11-24(22)35-27(32)28-18-19-12-14-21(33-2)15-13-19/h4-15H,3,16-18H2,1-2H3,(H,28,32)(H,29,31). The number of rotatable bonds is 10. The van der Waals surface area contributed by atoms with Crippen LogP contribution in [0.5, 0.6) is 11.5 Å². The number of carbonyl (C=O) groups is 3. The zero-order valence-electron chi connectivity index (χ0n) is 19.7. The van der Waals surface area contributed by atoms with E-state index in [2.05, 4.69) is 10.6 Å². The van der Waals surface area contributed by atoms with Crippen molar-refractivity contribution in [3.05, 3.63) is 89.5 Å². The molecule has 2 amide bonds. The molecule has 0 saturated carbocycles. The van der Waals surface area contributed by atoms with Crippen LogP contribution in [0.2, 0.25) is 0 Å². The number of hydrogen-bond donors (Lipinski definition) is 2. The molecule has 0 fully saturated rings. The van der Waals surface area contributed by atoms with Gasteiger partial charge in [0.05, 0.1) is 13.7 Å². The molecule has 0 bridgehead atoms. The molecule has 0 aliphatic rings. The molecule has 2 N–H and O–H groups in total. The number of hydrogen-bond acceptors (Lipinski definition) is 6. The maximum absolute atomic E-state index is 12.7. The van der Waals surface area contributed by atoms with Crippen LogP contribution >= 0.6 is 0 Å². The van der Waals surface area contributed by atoms with Gasteiger partial charge in [-0.1, -0.05) is 36.4 Å². The molecule has 0 aliphatic carbocycles. The second-order valence-corrected chi connectivity index (χ2v) is 7.50. The summed E-state index contributed by atoms with van der Waals surface area (Å²) in [4.78, 5) is 37.2. The molecule has 0 saturated heterocycles. The summed E-state index contributed by atoms with van der Waals surface area (Å²) < 4.78 is 15.7. The van der Waals surface area contributed by atoms with E-state index in [0.717, 1.165) is 11.3 Å². The van der Waals surface area contributed by atoms with Crippen molar-refractivity contribution in [2.45, 2.75) is 26.3 Å². The summed E-state index contributed by atoms with van der Waals surface area (Å²) in [5.74, 6) is 0.264. The predicted molar refractivity (Wildman–Crippen MR) is 132 cm³/mol. The quantitative estimate of drug-likeness (QED) is 0.410. The van der Waals surface area contributed by atoms with Crippen LogP contribution in [-0.2, 0) is 22.5 Å². The highest BCUT2D eigenvalue weighted by atomic mass is 16.6. The number of amides is 2. The van der Waals surface area contributed by atoms with Crippen LogP contribution in [0.25, 0.3) is 0 Å². The molecular weight excluding hydrogens is 448 g/mol. The molecule has 0 radical (unpaired) electrons. The highest BCUT2D eigenvalue weighted by Gasteiger charge is 2.17. The van der Waals surface area contributed by atoms with E-state index in [0.29, 0.717) is 16.8 Å². The molecule has 0 spiro atoms. The lowest BCUT2D eigenvalue weighted by atomic mass is 10.1. The molecule has 3 aromatic carbocycles. The van der Waals surface area contributed by atoms with Crippen molar-refractivity contribution in [2.75, 3.05) is 19.0 Å². The monoisotopic (exact) mass is 476 g/mol. The van der Waals surface area contributed by atoms with E-state index in [4.69, 9.17) is 14.2 Å². The summed E-state index contributed by atoms with van der Waals surface area (Å²) >= 11 is 0. The Morgan fingerprint density at radius 1 is 0.886 bits per heavy atom. The minimum absolute atomic E-state index is 0.0654. The van der Waals surface area contributed by atoms with Gasteiger partial charge in [0.1, 0.15) is 11.5 Å². The van der Waals surface area contributed by atoms with E-state index in [9.17, 15) is 14.4 Å². The van der Waals surface area contributed by atoms with E-state index in [1.807, 2.05) is 18.2 Å². The second-order valence-electron chi connectivity index (χ2n) is 7.50. The van der Waals surface area contributed by atoms with E-state index < -0.39 is 6.09 Å². The molecule has 35 heavy (non-hydrogen) atoms. The maximum atomic E-state index is 12.7. The van der Waals surface area contributed by atoms with Crippen molar-refractivity contribution in [3.8, 4) is 11.5 Å². The first-order chi connectivity index (χ1) is 17.0. The maximum Gasteiger partial charge on any atom is 0.412 e. The SMILES string of the molecule is CCOC(=O)CCc1c(NC(=O)c2ccccc2)cccc1OC(=O)NCc1ccc(OC)cc1.